The largest absolute Gasteiger partial charge is 0.486 e. The number of nitrogens with zero attached hydrogens (tertiary/aromatic N) is 3. The minimum atomic E-state index is 0.730. The number of ether oxygens (including phenoxy) is 1. The standard InChI is InChI=1S/C8H11N3O/c1-2-11-3-4-12-7-5-9-6-10-8(7)11/h5-6H,2-4H2,1H3. The van der Waals surface area contributed by atoms with Crippen LogP contribution in [0.5, 0.6) is 5.75 Å². The van der Waals surface area contributed by atoms with Crippen LogP contribution in [-0.4, -0.2) is 29.7 Å². The second-order valence-electron chi connectivity index (χ2n) is 2.64. The molecule has 1 aliphatic rings. The Balaban J connectivity index is 2.37. The first-order valence-corrected chi connectivity index (χ1v) is 4.09. The molecule has 2 heterocycles. The summed E-state index contributed by atoms with van der Waals surface area (Å²) in [5.41, 5.74) is 0. The summed E-state index contributed by atoms with van der Waals surface area (Å²) >= 11 is 0. The fraction of sp³-hybridized carbons (Fsp3) is 0.500. The summed E-state index contributed by atoms with van der Waals surface area (Å²) in [6.45, 7) is 4.72. The van der Waals surface area contributed by atoms with Gasteiger partial charge in [0.05, 0.1) is 12.7 Å². The molecule has 0 radical (unpaired) electrons. The van der Waals surface area contributed by atoms with Gasteiger partial charge in [-0.3, -0.25) is 0 Å². The van der Waals surface area contributed by atoms with Crippen LogP contribution in [0.3, 0.4) is 0 Å². The molecule has 0 unspecified atom stereocenters. The lowest BCUT2D eigenvalue weighted by Gasteiger charge is -2.28. The van der Waals surface area contributed by atoms with Crippen LogP contribution in [0.4, 0.5) is 5.82 Å². The molecule has 0 bridgehead atoms. The highest BCUT2D eigenvalue weighted by atomic mass is 16.5. The van der Waals surface area contributed by atoms with Gasteiger partial charge in [0, 0.05) is 6.54 Å². The zero-order chi connectivity index (χ0) is 8.39. The van der Waals surface area contributed by atoms with E-state index in [9.17, 15) is 0 Å². The van der Waals surface area contributed by atoms with Crippen molar-refractivity contribution in [1.82, 2.24) is 9.97 Å². The fourth-order valence-electron chi connectivity index (χ4n) is 1.33. The molecule has 0 N–H and O–H groups in total. The van der Waals surface area contributed by atoms with Gasteiger partial charge in [0.25, 0.3) is 0 Å². The topological polar surface area (TPSA) is 38.2 Å². The van der Waals surface area contributed by atoms with Crippen LogP contribution in [0, 0.1) is 0 Å². The molecule has 0 atom stereocenters. The van der Waals surface area contributed by atoms with Crippen molar-refractivity contribution < 1.29 is 4.74 Å². The number of anilines is 1. The third-order valence-electron chi connectivity index (χ3n) is 1.96. The van der Waals surface area contributed by atoms with Crippen LogP contribution in [0.1, 0.15) is 6.92 Å². The van der Waals surface area contributed by atoms with E-state index < -0.39 is 0 Å². The van der Waals surface area contributed by atoms with Crippen molar-refractivity contribution in [2.24, 2.45) is 0 Å². The van der Waals surface area contributed by atoms with Gasteiger partial charge in [-0.25, -0.2) is 9.97 Å². The van der Waals surface area contributed by atoms with Crippen LogP contribution >= 0.6 is 0 Å². The smallest absolute Gasteiger partial charge is 0.180 e. The van der Waals surface area contributed by atoms with Gasteiger partial charge in [-0.05, 0) is 6.92 Å². The Hall–Kier alpha value is -1.32. The van der Waals surface area contributed by atoms with Crippen LogP contribution in [0.15, 0.2) is 12.5 Å². The van der Waals surface area contributed by atoms with E-state index in [4.69, 9.17) is 4.74 Å². The summed E-state index contributed by atoms with van der Waals surface area (Å²) in [4.78, 5) is 10.2. The monoisotopic (exact) mass is 165 g/mol. The molecular weight excluding hydrogens is 154 g/mol. The normalized spacial score (nSPS) is 15.2. The highest BCUT2D eigenvalue weighted by Gasteiger charge is 2.17. The van der Waals surface area contributed by atoms with E-state index in [1.807, 2.05) is 0 Å². The first-order chi connectivity index (χ1) is 5.92. The molecule has 0 aromatic carbocycles. The molecule has 4 heteroatoms. The van der Waals surface area contributed by atoms with Gasteiger partial charge in [-0.15, -0.1) is 0 Å². The average Bonchev–Trinajstić information content (AvgIpc) is 2.17. The lowest BCUT2D eigenvalue weighted by atomic mass is 10.4. The second kappa shape index (κ2) is 2.97. The SMILES string of the molecule is CCN1CCOc2cncnc21. The average molecular weight is 165 g/mol. The number of hydrogen-bond donors (Lipinski definition) is 0. The molecule has 1 aromatic heterocycles. The summed E-state index contributed by atoms with van der Waals surface area (Å²) in [6.07, 6.45) is 3.26. The summed E-state index contributed by atoms with van der Waals surface area (Å²) in [7, 11) is 0. The van der Waals surface area contributed by atoms with E-state index in [1.54, 1.807) is 12.5 Å². The van der Waals surface area contributed by atoms with E-state index in [0.717, 1.165) is 31.3 Å². The molecule has 0 fully saturated rings. The molecule has 0 amide bonds. The zero-order valence-electron chi connectivity index (χ0n) is 7.03. The fourth-order valence-corrected chi connectivity index (χ4v) is 1.33. The number of fused-ring (bicyclic) bond motifs is 1. The predicted molar refractivity (Wildman–Crippen MR) is 45.4 cm³/mol. The van der Waals surface area contributed by atoms with Crippen molar-refractivity contribution in [1.29, 1.82) is 0 Å². The maximum atomic E-state index is 5.39. The molecule has 12 heavy (non-hydrogen) atoms. The number of rotatable bonds is 1. The molecule has 2 rings (SSSR count). The minimum absolute atomic E-state index is 0.730. The van der Waals surface area contributed by atoms with Gasteiger partial charge < -0.3 is 9.64 Å². The van der Waals surface area contributed by atoms with Gasteiger partial charge in [0.2, 0.25) is 0 Å². The Labute approximate surface area is 71.2 Å². The third kappa shape index (κ3) is 1.09. The number of aromatic nitrogens is 2. The molecule has 1 aliphatic heterocycles. The molecule has 0 spiro atoms. The van der Waals surface area contributed by atoms with Gasteiger partial charge >= 0.3 is 0 Å². The molecule has 1 aromatic rings. The van der Waals surface area contributed by atoms with E-state index >= 15 is 0 Å². The van der Waals surface area contributed by atoms with Crippen LogP contribution in [0.25, 0.3) is 0 Å². The minimum Gasteiger partial charge on any atom is -0.486 e. The molecule has 64 valence electrons. The Morgan fingerprint density at radius 1 is 1.67 bits per heavy atom. The Bertz CT molecular complexity index is 277. The second-order valence-corrected chi connectivity index (χ2v) is 2.64. The molecule has 0 saturated carbocycles. The summed E-state index contributed by atoms with van der Waals surface area (Å²) in [5, 5.41) is 0. The maximum absolute atomic E-state index is 5.39. The zero-order valence-corrected chi connectivity index (χ0v) is 7.03. The van der Waals surface area contributed by atoms with E-state index in [1.165, 1.54) is 0 Å². The van der Waals surface area contributed by atoms with Crippen LogP contribution in [0.2, 0.25) is 0 Å². The summed E-state index contributed by atoms with van der Waals surface area (Å²) in [6, 6.07) is 0. The van der Waals surface area contributed by atoms with Gasteiger partial charge in [0.15, 0.2) is 11.6 Å². The van der Waals surface area contributed by atoms with Gasteiger partial charge in [-0.1, -0.05) is 0 Å². The third-order valence-corrected chi connectivity index (χ3v) is 1.96. The van der Waals surface area contributed by atoms with E-state index in [0.29, 0.717) is 0 Å². The van der Waals surface area contributed by atoms with Crippen molar-refractivity contribution in [3.05, 3.63) is 12.5 Å². The highest BCUT2D eigenvalue weighted by Crippen LogP contribution is 2.26. The summed E-state index contributed by atoms with van der Waals surface area (Å²) < 4.78 is 5.39. The van der Waals surface area contributed by atoms with Crippen molar-refractivity contribution in [3.63, 3.8) is 0 Å². The first-order valence-electron chi connectivity index (χ1n) is 4.09. The Morgan fingerprint density at radius 3 is 3.42 bits per heavy atom. The Morgan fingerprint density at radius 2 is 2.58 bits per heavy atom. The number of likely N-dealkylation sites (N-methyl/N-ethyl adjacent to an activating group) is 1. The van der Waals surface area contributed by atoms with Crippen molar-refractivity contribution in [2.75, 3.05) is 24.6 Å². The lowest BCUT2D eigenvalue weighted by molar-refractivity contribution is 0.304. The first kappa shape index (κ1) is 7.34. The van der Waals surface area contributed by atoms with Gasteiger partial charge in [-0.2, -0.15) is 0 Å². The van der Waals surface area contributed by atoms with Crippen LogP contribution in [-0.2, 0) is 0 Å². The van der Waals surface area contributed by atoms with Gasteiger partial charge in [0.1, 0.15) is 12.9 Å². The van der Waals surface area contributed by atoms with E-state index in [2.05, 4.69) is 21.8 Å². The number of hydrogen-bond acceptors (Lipinski definition) is 4. The van der Waals surface area contributed by atoms with Crippen LogP contribution < -0.4 is 9.64 Å². The predicted octanol–water partition coefficient (Wildman–Crippen LogP) is 0.695. The van der Waals surface area contributed by atoms with E-state index in [-0.39, 0.29) is 0 Å². The maximum Gasteiger partial charge on any atom is 0.180 e. The quantitative estimate of drug-likeness (QED) is 0.613. The molecule has 0 saturated heterocycles. The molecule has 0 aliphatic carbocycles. The van der Waals surface area contributed by atoms with Crippen molar-refractivity contribution in [3.8, 4) is 5.75 Å². The summed E-state index contributed by atoms with van der Waals surface area (Å²) in [5.74, 6) is 1.71. The highest BCUT2D eigenvalue weighted by molar-refractivity contribution is 5.51. The van der Waals surface area contributed by atoms with Crippen molar-refractivity contribution in [2.45, 2.75) is 6.92 Å². The lowest BCUT2D eigenvalue weighted by Crippen LogP contribution is -2.33. The van der Waals surface area contributed by atoms with Crippen molar-refractivity contribution >= 4 is 5.82 Å². The molecular formula is C8H11N3O. The Kier molecular flexibility index (Phi) is 1.81. The molecule has 4 nitrogen and oxygen atoms in total.